The summed E-state index contributed by atoms with van der Waals surface area (Å²) < 4.78 is 12.1. The fourth-order valence-electron chi connectivity index (χ4n) is 3.72. The van der Waals surface area contributed by atoms with Gasteiger partial charge in [0.15, 0.2) is 5.75 Å². The minimum absolute atomic E-state index is 0.374. The highest BCUT2D eigenvalue weighted by Crippen LogP contribution is 2.27. The van der Waals surface area contributed by atoms with Gasteiger partial charge in [-0.25, -0.2) is 0 Å². The lowest BCUT2D eigenvalue weighted by molar-refractivity contribution is 0.244. The van der Waals surface area contributed by atoms with E-state index in [1.165, 1.54) is 11.1 Å². The standard InChI is InChI=1S/C32H26N2O2/c1-4-10-26(11-5-1)23-35-31-22-30(33-34-32(31)36-24-27-12-6-2-7-13-27)21-18-25-16-19-29(20-17-25)28-14-8-3-9-15-28/h1-22H,23-24H2/b21-18+. The average molecular weight is 471 g/mol. The quantitative estimate of drug-likeness (QED) is 0.224. The zero-order chi connectivity index (χ0) is 24.4. The largest absolute Gasteiger partial charge is 0.483 e. The van der Waals surface area contributed by atoms with Crippen molar-refractivity contribution in [3.05, 3.63) is 144 Å². The third-order valence-corrected chi connectivity index (χ3v) is 5.67. The van der Waals surface area contributed by atoms with E-state index in [-0.39, 0.29) is 0 Å². The molecule has 0 bridgehead atoms. The Morgan fingerprint density at radius 2 is 1.08 bits per heavy atom. The molecule has 176 valence electrons. The summed E-state index contributed by atoms with van der Waals surface area (Å²) in [5.74, 6) is 0.933. The predicted octanol–water partition coefficient (Wildman–Crippen LogP) is 7.47. The van der Waals surface area contributed by atoms with Gasteiger partial charge in [0, 0.05) is 6.07 Å². The Morgan fingerprint density at radius 1 is 0.528 bits per heavy atom. The number of hydrogen-bond donors (Lipinski definition) is 0. The van der Waals surface area contributed by atoms with Crippen LogP contribution in [-0.2, 0) is 13.2 Å². The zero-order valence-corrected chi connectivity index (χ0v) is 19.8. The third-order valence-electron chi connectivity index (χ3n) is 5.67. The van der Waals surface area contributed by atoms with E-state index in [1.807, 2.05) is 97.1 Å². The van der Waals surface area contributed by atoms with Crippen LogP contribution < -0.4 is 9.47 Å². The first-order valence-corrected chi connectivity index (χ1v) is 11.9. The molecule has 1 aromatic heterocycles. The van der Waals surface area contributed by atoms with Gasteiger partial charge in [-0.1, -0.05) is 121 Å². The summed E-state index contributed by atoms with van der Waals surface area (Å²) in [7, 11) is 0. The van der Waals surface area contributed by atoms with Gasteiger partial charge in [0.25, 0.3) is 5.88 Å². The Bertz CT molecular complexity index is 1400. The molecule has 0 aliphatic rings. The molecule has 4 aromatic carbocycles. The summed E-state index contributed by atoms with van der Waals surface area (Å²) in [6.07, 6.45) is 3.95. The van der Waals surface area contributed by atoms with Gasteiger partial charge in [0.05, 0.1) is 5.69 Å². The van der Waals surface area contributed by atoms with E-state index in [1.54, 1.807) is 0 Å². The van der Waals surface area contributed by atoms with E-state index >= 15 is 0 Å². The summed E-state index contributed by atoms with van der Waals surface area (Å²) in [5.41, 5.74) is 6.27. The maximum absolute atomic E-state index is 6.11. The lowest BCUT2D eigenvalue weighted by Gasteiger charge is -2.12. The van der Waals surface area contributed by atoms with Gasteiger partial charge in [0.1, 0.15) is 13.2 Å². The topological polar surface area (TPSA) is 44.2 Å². The van der Waals surface area contributed by atoms with Crippen molar-refractivity contribution in [2.24, 2.45) is 0 Å². The van der Waals surface area contributed by atoms with Crippen LogP contribution in [0, 0.1) is 0 Å². The Labute approximate surface area is 211 Å². The van der Waals surface area contributed by atoms with Crippen molar-refractivity contribution >= 4 is 12.2 Å². The smallest absolute Gasteiger partial charge is 0.276 e. The SMILES string of the molecule is C(=C\c1cc(OCc2ccccc2)c(OCc2ccccc2)nn1)/c1ccc(-c2ccccc2)cc1. The second-order valence-electron chi connectivity index (χ2n) is 8.31. The third kappa shape index (κ3) is 6.24. The molecule has 0 radical (unpaired) electrons. The van der Waals surface area contributed by atoms with Crippen LogP contribution in [0.15, 0.2) is 121 Å². The fraction of sp³-hybridized carbons (Fsp3) is 0.0625. The van der Waals surface area contributed by atoms with E-state index in [0.717, 1.165) is 16.7 Å². The van der Waals surface area contributed by atoms with Gasteiger partial charge >= 0.3 is 0 Å². The van der Waals surface area contributed by atoms with Crippen LogP contribution in [0.3, 0.4) is 0 Å². The molecule has 0 unspecified atom stereocenters. The number of aromatic nitrogens is 2. The van der Waals surface area contributed by atoms with Gasteiger partial charge in [-0.3, -0.25) is 0 Å². The van der Waals surface area contributed by atoms with E-state index in [0.29, 0.717) is 30.5 Å². The summed E-state index contributed by atoms with van der Waals surface area (Å²) in [4.78, 5) is 0. The van der Waals surface area contributed by atoms with Gasteiger partial charge in [-0.05, 0) is 33.9 Å². The molecule has 0 amide bonds. The number of hydrogen-bond acceptors (Lipinski definition) is 4. The number of ether oxygens (including phenoxy) is 2. The molecule has 0 aliphatic heterocycles. The first-order valence-electron chi connectivity index (χ1n) is 11.9. The number of rotatable bonds is 9. The highest BCUT2D eigenvalue weighted by Gasteiger charge is 2.10. The normalized spacial score (nSPS) is 10.9. The Morgan fingerprint density at radius 3 is 1.72 bits per heavy atom. The van der Waals surface area contributed by atoms with Crippen LogP contribution in [0.5, 0.6) is 11.6 Å². The van der Waals surface area contributed by atoms with Crippen molar-refractivity contribution in [3.8, 4) is 22.8 Å². The molecule has 36 heavy (non-hydrogen) atoms. The Kier molecular flexibility index (Phi) is 7.45. The van der Waals surface area contributed by atoms with Gasteiger partial charge in [-0.2, -0.15) is 0 Å². The summed E-state index contributed by atoms with van der Waals surface area (Å²) in [6.45, 7) is 0.804. The molecule has 0 saturated heterocycles. The Hall–Kier alpha value is -4.70. The van der Waals surface area contributed by atoms with Crippen LogP contribution in [0.1, 0.15) is 22.4 Å². The van der Waals surface area contributed by atoms with Crippen LogP contribution in [-0.4, -0.2) is 10.2 Å². The lowest BCUT2D eigenvalue weighted by atomic mass is 10.0. The summed E-state index contributed by atoms with van der Waals surface area (Å²) in [5, 5.41) is 8.67. The van der Waals surface area contributed by atoms with Crippen molar-refractivity contribution in [1.82, 2.24) is 10.2 Å². The molecule has 0 fully saturated rings. The second-order valence-corrected chi connectivity index (χ2v) is 8.31. The van der Waals surface area contributed by atoms with Crippen molar-refractivity contribution in [2.45, 2.75) is 13.2 Å². The Balaban J connectivity index is 1.33. The molecule has 0 saturated carbocycles. The van der Waals surface area contributed by atoms with Crippen molar-refractivity contribution in [2.75, 3.05) is 0 Å². The highest BCUT2D eigenvalue weighted by atomic mass is 16.5. The predicted molar refractivity (Wildman–Crippen MR) is 144 cm³/mol. The maximum atomic E-state index is 6.11. The molecule has 1 heterocycles. The monoisotopic (exact) mass is 470 g/mol. The summed E-state index contributed by atoms with van der Waals surface area (Å²) in [6, 6.07) is 40.6. The molecule has 0 atom stereocenters. The van der Waals surface area contributed by atoms with Gasteiger partial charge < -0.3 is 9.47 Å². The molecule has 0 aliphatic carbocycles. The highest BCUT2D eigenvalue weighted by molar-refractivity contribution is 5.71. The average Bonchev–Trinajstić information content (AvgIpc) is 2.96. The number of benzene rings is 4. The van der Waals surface area contributed by atoms with Gasteiger partial charge in [-0.15, -0.1) is 10.2 Å². The molecule has 5 rings (SSSR count). The maximum Gasteiger partial charge on any atom is 0.276 e. The first kappa shape index (κ1) is 23.1. The van der Waals surface area contributed by atoms with E-state index in [9.17, 15) is 0 Å². The molecule has 0 N–H and O–H groups in total. The summed E-state index contributed by atoms with van der Waals surface area (Å²) >= 11 is 0. The minimum Gasteiger partial charge on any atom is -0.483 e. The molecular weight excluding hydrogens is 444 g/mol. The molecule has 4 heteroatoms. The number of nitrogens with zero attached hydrogens (tertiary/aromatic N) is 2. The van der Waals surface area contributed by atoms with Crippen LogP contribution in [0.25, 0.3) is 23.3 Å². The van der Waals surface area contributed by atoms with E-state index in [2.05, 4.69) is 46.6 Å². The van der Waals surface area contributed by atoms with Crippen molar-refractivity contribution in [1.29, 1.82) is 0 Å². The van der Waals surface area contributed by atoms with Gasteiger partial charge in [0.2, 0.25) is 0 Å². The minimum atomic E-state index is 0.374. The first-order chi connectivity index (χ1) is 17.8. The zero-order valence-electron chi connectivity index (χ0n) is 19.8. The fourth-order valence-corrected chi connectivity index (χ4v) is 3.72. The van der Waals surface area contributed by atoms with Crippen molar-refractivity contribution in [3.63, 3.8) is 0 Å². The van der Waals surface area contributed by atoms with E-state index < -0.39 is 0 Å². The second kappa shape index (κ2) is 11.6. The van der Waals surface area contributed by atoms with E-state index in [4.69, 9.17) is 9.47 Å². The molecule has 5 aromatic rings. The van der Waals surface area contributed by atoms with Crippen molar-refractivity contribution < 1.29 is 9.47 Å². The lowest BCUT2D eigenvalue weighted by Crippen LogP contribution is -2.04. The van der Waals surface area contributed by atoms with Crippen LogP contribution >= 0.6 is 0 Å². The molecule has 0 spiro atoms. The van der Waals surface area contributed by atoms with Crippen LogP contribution in [0.2, 0.25) is 0 Å². The molecule has 4 nitrogen and oxygen atoms in total. The molecular formula is C32H26N2O2. The van der Waals surface area contributed by atoms with Crippen LogP contribution in [0.4, 0.5) is 0 Å².